The van der Waals surface area contributed by atoms with Gasteiger partial charge >= 0.3 is 12.1 Å². The standard InChI is InChI=1S/C25H37NO5/c1-3-4-5-6-7-8-9-10-11-12-16-19-23(27)26(20-24(28)30-2)25(29)31-21-22-17-14-13-15-18-22/h13-19H,3-12,20-21H2,1-2H3/b19-16+. The molecule has 0 unspecified atom stereocenters. The van der Waals surface area contributed by atoms with Crippen LogP contribution in [0.25, 0.3) is 0 Å². The predicted octanol–water partition coefficient (Wildman–Crippen LogP) is 5.80. The van der Waals surface area contributed by atoms with Crippen molar-refractivity contribution in [3.8, 4) is 0 Å². The highest BCUT2D eigenvalue weighted by Gasteiger charge is 2.24. The van der Waals surface area contributed by atoms with E-state index in [4.69, 9.17) is 4.74 Å². The first-order valence-electron chi connectivity index (χ1n) is 11.3. The maximum Gasteiger partial charge on any atom is 0.417 e. The summed E-state index contributed by atoms with van der Waals surface area (Å²) in [6.45, 7) is 1.76. The van der Waals surface area contributed by atoms with Gasteiger partial charge in [-0.25, -0.2) is 9.69 Å². The molecule has 0 atom stereocenters. The molecule has 0 aliphatic heterocycles. The number of allylic oxidation sites excluding steroid dienone is 1. The number of amides is 2. The van der Waals surface area contributed by atoms with Crippen LogP contribution < -0.4 is 0 Å². The van der Waals surface area contributed by atoms with E-state index in [1.54, 1.807) is 6.08 Å². The number of benzene rings is 1. The molecule has 2 amide bonds. The van der Waals surface area contributed by atoms with Crippen LogP contribution in [0, 0.1) is 0 Å². The van der Waals surface area contributed by atoms with Gasteiger partial charge in [-0.05, 0) is 24.5 Å². The zero-order valence-corrected chi connectivity index (χ0v) is 19.0. The summed E-state index contributed by atoms with van der Waals surface area (Å²) in [5.74, 6) is -1.27. The molecule has 6 heteroatoms. The number of methoxy groups -OCH3 is 1. The molecule has 1 aromatic rings. The summed E-state index contributed by atoms with van der Waals surface area (Å²) in [6.07, 6.45) is 14.1. The predicted molar refractivity (Wildman–Crippen MR) is 121 cm³/mol. The average Bonchev–Trinajstić information content (AvgIpc) is 2.79. The van der Waals surface area contributed by atoms with E-state index < -0.39 is 24.5 Å². The van der Waals surface area contributed by atoms with Gasteiger partial charge in [0.15, 0.2) is 0 Å². The highest BCUT2D eigenvalue weighted by molar-refractivity contribution is 6.00. The number of esters is 1. The Morgan fingerprint density at radius 3 is 2.13 bits per heavy atom. The summed E-state index contributed by atoms with van der Waals surface area (Å²) in [6, 6.07) is 9.14. The molecule has 0 spiro atoms. The number of ether oxygens (including phenoxy) is 2. The van der Waals surface area contributed by atoms with Gasteiger partial charge in [-0.1, -0.05) is 94.7 Å². The van der Waals surface area contributed by atoms with E-state index in [0.29, 0.717) is 0 Å². The Morgan fingerprint density at radius 2 is 1.52 bits per heavy atom. The van der Waals surface area contributed by atoms with Gasteiger partial charge in [0.2, 0.25) is 0 Å². The normalized spacial score (nSPS) is 10.8. The minimum atomic E-state index is -0.869. The minimum Gasteiger partial charge on any atom is -0.468 e. The van der Waals surface area contributed by atoms with E-state index >= 15 is 0 Å². The fourth-order valence-corrected chi connectivity index (χ4v) is 3.07. The molecule has 172 valence electrons. The molecule has 31 heavy (non-hydrogen) atoms. The first-order valence-corrected chi connectivity index (χ1v) is 11.3. The fourth-order valence-electron chi connectivity index (χ4n) is 3.07. The highest BCUT2D eigenvalue weighted by atomic mass is 16.6. The van der Waals surface area contributed by atoms with Gasteiger partial charge in [-0.15, -0.1) is 0 Å². The zero-order valence-electron chi connectivity index (χ0n) is 19.0. The van der Waals surface area contributed by atoms with Gasteiger partial charge in [-0.3, -0.25) is 9.59 Å². The Labute approximate surface area is 186 Å². The quantitative estimate of drug-likeness (QED) is 0.199. The van der Waals surface area contributed by atoms with Crippen LogP contribution in [0.1, 0.15) is 76.7 Å². The molecule has 0 aliphatic carbocycles. The van der Waals surface area contributed by atoms with Crippen molar-refractivity contribution in [2.24, 2.45) is 0 Å². The molecule has 0 N–H and O–H groups in total. The van der Waals surface area contributed by atoms with Gasteiger partial charge in [0.05, 0.1) is 7.11 Å². The summed E-state index contributed by atoms with van der Waals surface area (Å²) in [7, 11) is 1.21. The van der Waals surface area contributed by atoms with Crippen molar-refractivity contribution in [2.45, 2.75) is 77.7 Å². The topological polar surface area (TPSA) is 72.9 Å². The van der Waals surface area contributed by atoms with Crippen molar-refractivity contribution in [2.75, 3.05) is 13.7 Å². The lowest BCUT2D eigenvalue weighted by molar-refractivity contribution is -0.144. The van der Waals surface area contributed by atoms with Crippen LogP contribution in [0.3, 0.4) is 0 Å². The molecule has 0 radical (unpaired) electrons. The number of carbonyl (C=O) groups excluding carboxylic acids is 3. The van der Waals surface area contributed by atoms with Crippen molar-refractivity contribution >= 4 is 18.0 Å². The largest absolute Gasteiger partial charge is 0.468 e. The molecule has 0 saturated carbocycles. The van der Waals surface area contributed by atoms with E-state index in [9.17, 15) is 14.4 Å². The average molecular weight is 432 g/mol. The second-order valence-corrected chi connectivity index (χ2v) is 7.56. The molecule has 6 nitrogen and oxygen atoms in total. The third-order valence-corrected chi connectivity index (χ3v) is 4.94. The SMILES string of the molecule is CCCCCCCCCCC/C=C/C(=O)N(CC(=O)OC)C(=O)OCc1ccccc1. The van der Waals surface area contributed by atoms with Crippen molar-refractivity contribution in [1.82, 2.24) is 4.90 Å². The Hall–Kier alpha value is -2.63. The van der Waals surface area contributed by atoms with Crippen LogP contribution in [0.15, 0.2) is 42.5 Å². The maximum absolute atomic E-state index is 12.4. The van der Waals surface area contributed by atoms with E-state index in [2.05, 4.69) is 11.7 Å². The van der Waals surface area contributed by atoms with E-state index in [1.807, 2.05) is 30.3 Å². The number of imide groups is 1. The van der Waals surface area contributed by atoms with Crippen LogP contribution in [0.2, 0.25) is 0 Å². The van der Waals surface area contributed by atoms with Gasteiger partial charge < -0.3 is 9.47 Å². The number of rotatable bonds is 15. The number of unbranched alkanes of at least 4 members (excludes halogenated alkanes) is 9. The molecule has 1 aromatic carbocycles. The molecule has 0 heterocycles. The number of hydrogen-bond acceptors (Lipinski definition) is 5. The van der Waals surface area contributed by atoms with Crippen molar-refractivity contribution in [1.29, 1.82) is 0 Å². The van der Waals surface area contributed by atoms with Crippen LogP contribution in [0.4, 0.5) is 4.79 Å². The second-order valence-electron chi connectivity index (χ2n) is 7.56. The first kappa shape index (κ1) is 26.4. The molecule has 1 rings (SSSR count). The maximum atomic E-state index is 12.4. The van der Waals surface area contributed by atoms with Gasteiger partial charge in [0.25, 0.3) is 5.91 Å². The molecular weight excluding hydrogens is 394 g/mol. The van der Waals surface area contributed by atoms with Crippen molar-refractivity contribution in [3.05, 3.63) is 48.0 Å². The van der Waals surface area contributed by atoms with Crippen LogP contribution >= 0.6 is 0 Å². The highest BCUT2D eigenvalue weighted by Crippen LogP contribution is 2.11. The summed E-state index contributed by atoms with van der Waals surface area (Å²) in [5.41, 5.74) is 0.794. The third kappa shape index (κ3) is 12.6. The van der Waals surface area contributed by atoms with Crippen molar-refractivity contribution < 1.29 is 23.9 Å². The third-order valence-electron chi connectivity index (χ3n) is 4.94. The van der Waals surface area contributed by atoms with Gasteiger partial charge in [0.1, 0.15) is 13.2 Å². The van der Waals surface area contributed by atoms with E-state index in [1.165, 1.54) is 58.1 Å². The lowest BCUT2D eigenvalue weighted by Crippen LogP contribution is -2.40. The number of nitrogens with zero attached hydrogens (tertiary/aromatic N) is 1. The summed E-state index contributed by atoms with van der Waals surface area (Å²) in [5, 5.41) is 0. The lowest BCUT2D eigenvalue weighted by atomic mass is 10.1. The van der Waals surface area contributed by atoms with Crippen molar-refractivity contribution in [3.63, 3.8) is 0 Å². The Bertz CT molecular complexity index is 672. The Morgan fingerprint density at radius 1 is 0.903 bits per heavy atom. The molecule has 0 saturated heterocycles. The smallest absolute Gasteiger partial charge is 0.417 e. The molecule has 0 aromatic heterocycles. The molecule has 0 bridgehead atoms. The van der Waals surface area contributed by atoms with E-state index in [-0.39, 0.29) is 6.61 Å². The first-order chi connectivity index (χ1) is 15.1. The number of carbonyl (C=O) groups is 3. The lowest BCUT2D eigenvalue weighted by Gasteiger charge is -2.17. The molecular formula is C25H37NO5. The molecule has 0 aliphatic rings. The monoisotopic (exact) mass is 431 g/mol. The summed E-state index contributed by atoms with van der Waals surface area (Å²) in [4.78, 5) is 37.2. The zero-order chi connectivity index (χ0) is 22.7. The summed E-state index contributed by atoms with van der Waals surface area (Å²) >= 11 is 0. The van der Waals surface area contributed by atoms with Gasteiger partial charge in [0, 0.05) is 0 Å². The minimum absolute atomic E-state index is 0.0206. The Balaban J connectivity index is 2.38. The van der Waals surface area contributed by atoms with Gasteiger partial charge in [-0.2, -0.15) is 0 Å². The number of hydrogen-bond donors (Lipinski definition) is 0. The summed E-state index contributed by atoms with van der Waals surface area (Å²) < 4.78 is 9.78. The fraction of sp³-hybridized carbons (Fsp3) is 0.560. The van der Waals surface area contributed by atoms with Crippen LogP contribution in [-0.4, -0.2) is 36.5 Å². The Kier molecular flexibility index (Phi) is 14.6. The van der Waals surface area contributed by atoms with Crippen LogP contribution in [-0.2, 0) is 25.7 Å². The molecule has 0 fully saturated rings. The second kappa shape index (κ2) is 17.1. The van der Waals surface area contributed by atoms with Crippen LogP contribution in [0.5, 0.6) is 0 Å². The van der Waals surface area contributed by atoms with E-state index in [0.717, 1.165) is 29.7 Å².